The fourth-order valence-electron chi connectivity index (χ4n) is 2.34. The molecule has 0 aliphatic carbocycles. The van der Waals surface area contributed by atoms with E-state index in [1.54, 1.807) is 12.1 Å². The number of hydrogen-bond acceptors (Lipinski definition) is 3. The molecule has 0 radical (unpaired) electrons. The van der Waals surface area contributed by atoms with Crippen molar-refractivity contribution in [2.45, 2.75) is 19.4 Å². The summed E-state index contributed by atoms with van der Waals surface area (Å²) >= 11 is 0. The van der Waals surface area contributed by atoms with Gasteiger partial charge in [-0.1, -0.05) is 12.1 Å². The molecule has 0 amide bonds. The van der Waals surface area contributed by atoms with Gasteiger partial charge in [0.25, 0.3) is 0 Å². The van der Waals surface area contributed by atoms with E-state index < -0.39 is 6.10 Å². The second-order valence-corrected chi connectivity index (χ2v) is 4.68. The second-order valence-electron chi connectivity index (χ2n) is 4.68. The number of para-hydroxylation sites is 1. The highest BCUT2D eigenvalue weighted by molar-refractivity contribution is 5.47. The molecule has 18 heavy (non-hydrogen) atoms. The first-order valence-electron chi connectivity index (χ1n) is 6.47. The lowest BCUT2D eigenvalue weighted by Crippen LogP contribution is -2.37. The van der Waals surface area contributed by atoms with E-state index in [0.29, 0.717) is 32.0 Å². The number of ether oxygens (including phenoxy) is 1. The van der Waals surface area contributed by atoms with Crippen molar-refractivity contribution >= 4 is 5.69 Å². The zero-order valence-corrected chi connectivity index (χ0v) is 10.7. The molecule has 2 unspecified atom stereocenters. The molecule has 0 bridgehead atoms. The minimum atomic E-state index is -0.466. The second kappa shape index (κ2) is 6.16. The summed E-state index contributed by atoms with van der Waals surface area (Å²) < 4.78 is 19.0. The Morgan fingerprint density at radius 1 is 1.50 bits per heavy atom. The van der Waals surface area contributed by atoms with Crippen molar-refractivity contribution in [3.8, 4) is 0 Å². The number of nitrogens with zero attached hydrogens (tertiary/aromatic N) is 1. The average molecular weight is 253 g/mol. The fraction of sp³-hybridized carbons (Fsp3) is 0.571. The molecular weight excluding hydrogens is 233 g/mol. The van der Waals surface area contributed by atoms with Crippen LogP contribution in [-0.4, -0.2) is 37.5 Å². The molecule has 100 valence electrons. The van der Waals surface area contributed by atoms with Crippen LogP contribution in [0.2, 0.25) is 0 Å². The van der Waals surface area contributed by atoms with Crippen molar-refractivity contribution in [3.63, 3.8) is 0 Å². The van der Waals surface area contributed by atoms with Gasteiger partial charge in [0.2, 0.25) is 0 Å². The van der Waals surface area contributed by atoms with Crippen LogP contribution in [0.5, 0.6) is 0 Å². The van der Waals surface area contributed by atoms with Crippen LogP contribution in [0.3, 0.4) is 0 Å². The van der Waals surface area contributed by atoms with E-state index in [1.807, 2.05) is 17.9 Å². The quantitative estimate of drug-likeness (QED) is 0.871. The van der Waals surface area contributed by atoms with Crippen molar-refractivity contribution in [3.05, 3.63) is 30.1 Å². The first kappa shape index (κ1) is 13.3. The molecule has 2 rings (SSSR count). The summed E-state index contributed by atoms with van der Waals surface area (Å²) in [6.45, 7) is 4.41. The monoisotopic (exact) mass is 253 g/mol. The van der Waals surface area contributed by atoms with Gasteiger partial charge in [-0.15, -0.1) is 0 Å². The van der Waals surface area contributed by atoms with Gasteiger partial charge >= 0.3 is 0 Å². The lowest BCUT2D eigenvalue weighted by atomic mass is 10.0. The van der Waals surface area contributed by atoms with Crippen LogP contribution in [0.15, 0.2) is 24.3 Å². The Balaban J connectivity index is 2.02. The van der Waals surface area contributed by atoms with Gasteiger partial charge in [0.1, 0.15) is 5.82 Å². The van der Waals surface area contributed by atoms with Gasteiger partial charge in [-0.05, 0) is 25.5 Å². The SMILES string of the molecule is CCN(CC(O)C1CCOC1)c1ccccc1F. The number of halogens is 1. The van der Waals surface area contributed by atoms with Crippen LogP contribution >= 0.6 is 0 Å². The minimum Gasteiger partial charge on any atom is -0.391 e. The molecule has 1 aromatic carbocycles. The van der Waals surface area contributed by atoms with Crippen molar-refractivity contribution in [2.75, 3.05) is 31.2 Å². The molecule has 1 fully saturated rings. The summed E-state index contributed by atoms with van der Waals surface area (Å²) in [4.78, 5) is 1.87. The van der Waals surface area contributed by atoms with E-state index in [0.717, 1.165) is 6.42 Å². The maximum absolute atomic E-state index is 13.7. The fourth-order valence-corrected chi connectivity index (χ4v) is 2.34. The maximum atomic E-state index is 13.7. The highest BCUT2D eigenvalue weighted by atomic mass is 19.1. The number of aliphatic hydroxyl groups is 1. The summed E-state index contributed by atoms with van der Waals surface area (Å²) in [5.41, 5.74) is 0.554. The van der Waals surface area contributed by atoms with Crippen molar-refractivity contribution in [1.82, 2.24) is 0 Å². The van der Waals surface area contributed by atoms with Gasteiger partial charge in [0.15, 0.2) is 0 Å². The summed E-state index contributed by atoms with van der Waals surface area (Å²) in [5.74, 6) is -0.0694. The topological polar surface area (TPSA) is 32.7 Å². The summed E-state index contributed by atoms with van der Waals surface area (Å²) in [6.07, 6.45) is 0.419. The Kier molecular flexibility index (Phi) is 4.55. The predicted molar refractivity (Wildman–Crippen MR) is 69.2 cm³/mol. The lowest BCUT2D eigenvalue weighted by Gasteiger charge is -2.28. The third-order valence-corrected chi connectivity index (χ3v) is 3.49. The largest absolute Gasteiger partial charge is 0.391 e. The van der Waals surface area contributed by atoms with E-state index >= 15 is 0 Å². The van der Waals surface area contributed by atoms with Gasteiger partial charge in [-0.3, -0.25) is 0 Å². The molecule has 1 aliphatic heterocycles. The number of anilines is 1. The Bertz CT molecular complexity index is 380. The minimum absolute atomic E-state index is 0.172. The van der Waals surface area contributed by atoms with Crippen molar-refractivity contribution in [1.29, 1.82) is 0 Å². The molecule has 0 spiro atoms. The number of hydrogen-bond donors (Lipinski definition) is 1. The molecular formula is C14H20FNO2. The molecule has 1 aromatic rings. The number of likely N-dealkylation sites (N-methyl/N-ethyl adjacent to an activating group) is 1. The number of rotatable bonds is 5. The normalized spacial score (nSPS) is 20.9. The van der Waals surface area contributed by atoms with E-state index in [-0.39, 0.29) is 11.7 Å². The van der Waals surface area contributed by atoms with E-state index in [2.05, 4.69) is 0 Å². The Morgan fingerprint density at radius 2 is 2.28 bits per heavy atom. The zero-order chi connectivity index (χ0) is 13.0. The highest BCUT2D eigenvalue weighted by Gasteiger charge is 2.26. The van der Waals surface area contributed by atoms with E-state index in [4.69, 9.17) is 4.74 Å². The molecule has 1 aliphatic rings. The first-order chi connectivity index (χ1) is 8.72. The molecule has 0 aromatic heterocycles. The third-order valence-electron chi connectivity index (χ3n) is 3.49. The third kappa shape index (κ3) is 3.00. The Hall–Kier alpha value is -1.13. The molecule has 1 heterocycles. The van der Waals surface area contributed by atoms with Crippen LogP contribution in [0.25, 0.3) is 0 Å². The smallest absolute Gasteiger partial charge is 0.146 e. The van der Waals surface area contributed by atoms with Crippen LogP contribution < -0.4 is 4.90 Å². The molecule has 0 saturated carbocycles. The zero-order valence-electron chi connectivity index (χ0n) is 10.7. The van der Waals surface area contributed by atoms with E-state index in [9.17, 15) is 9.50 Å². The highest BCUT2D eigenvalue weighted by Crippen LogP contribution is 2.22. The van der Waals surface area contributed by atoms with E-state index in [1.165, 1.54) is 6.07 Å². The molecule has 2 atom stereocenters. The van der Waals surface area contributed by atoms with Gasteiger partial charge < -0.3 is 14.7 Å². The van der Waals surface area contributed by atoms with Crippen LogP contribution in [-0.2, 0) is 4.74 Å². The first-order valence-corrected chi connectivity index (χ1v) is 6.47. The molecule has 3 nitrogen and oxygen atoms in total. The Morgan fingerprint density at radius 3 is 2.89 bits per heavy atom. The van der Waals surface area contributed by atoms with Gasteiger partial charge in [-0.2, -0.15) is 0 Å². The molecule has 1 N–H and O–H groups in total. The van der Waals surface area contributed by atoms with Crippen LogP contribution in [0, 0.1) is 11.7 Å². The Labute approximate surface area is 107 Å². The van der Waals surface area contributed by atoms with Crippen molar-refractivity contribution < 1.29 is 14.2 Å². The summed E-state index contributed by atoms with van der Waals surface area (Å²) in [7, 11) is 0. The molecule has 1 saturated heterocycles. The summed E-state index contributed by atoms with van der Waals surface area (Å²) in [5, 5.41) is 10.2. The van der Waals surface area contributed by atoms with Crippen LogP contribution in [0.4, 0.5) is 10.1 Å². The average Bonchev–Trinajstić information content (AvgIpc) is 2.90. The lowest BCUT2D eigenvalue weighted by molar-refractivity contribution is 0.0962. The van der Waals surface area contributed by atoms with Gasteiger partial charge in [-0.25, -0.2) is 4.39 Å². The van der Waals surface area contributed by atoms with Crippen molar-refractivity contribution in [2.24, 2.45) is 5.92 Å². The predicted octanol–water partition coefficient (Wildman–Crippen LogP) is 2.05. The van der Waals surface area contributed by atoms with Crippen LogP contribution in [0.1, 0.15) is 13.3 Å². The standard InChI is InChI=1S/C14H20FNO2/c1-2-16(13-6-4-3-5-12(13)15)9-14(17)11-7-8-18-10-11/h3-6,11,14,17H,2,7-10H2,1H3. The maximum Gasteiger partial charge on any atom is 0.146 e. The van der Waals surface area contributed by atoms with Gasteiger partial charge in [0.05, 0.1) is 18.4 Å². The summed E-state index contributed by atoms with van der Waals surface area (Å²) in [6, 6.07) is 6.68. The molecule has 4 heteroatoms. The van der Waals surface area contributed by atoms with Gasteiger partial charge in [0, 0.05) is 25.6 Å². The number of aliphatic hydroxyl groups excluding tert-OH is 1. The number of benzene rings is 1.